The average molecular weight is 164 g/mol. The van der Waals surface area contributed by atoms with Crippen LogP contribution in [0.3, 0.4) is 0 Å². The molecule has 3 heteroatoms. The standard InChI is InChI=1S/C9H12N2O/c1-7-2-3-8-6-10-4-5-12-9(8)11-7/h2-3,10H,4-6H2,1H3. The van der Waals surface area contributed by atoms with Gasteiger partial charge in [-0.25, -0.2) is 4.98 Å². The third-order valence-electron chi connectivity index (χ3n) is 1.91. The first-order chi connectivity index (χ1) is 5.86. The molecule has 0 amide bonds. The molecule has 1 N–H and O–H groups in total. The monoisotopic (exact) mass is 164 g/mol. The van der Waals surface area contributed by atoms with E-state index in [4.69, 9.17) is 4.74 Å². The maximum atomic E-state index is 5.46. The summed E-state index contributed by atoms with van der Waals surface area (Å²) in [5.41, 5.74) is 2.16. The maximum absolute atomic E-state index is 5.46. The van der Waals surface area contributed by atoms with Crippen molar-refractivity contribution in [2.75, 3.05) is 13.2 Å². The topological polar surface area (TPSA) is 34.1 Å². The number of nitrogens with zero attached hydrogens (tertiary/aromatic N) is 1. The predicted molar refractivity (Wildman–Crippen MR) is 46.2 cm³/mol. The Morgan fingerprint density at radius 3 is 3.33 bits per heavy atom. The Kier molecular flexibility index (Phi) is 1.96. The molecule has 1 aliphatic rings. The summed E-state index contributed by atoms with van der Waals surface area (Å²) in [4.78, 5) is 4.31. The lowest BCUT2D eigenvalue weighted by atomic mass is 10.2. The number of aryl methyl sites for hydroxylation is 1. The third-order valence-corrected chi connectivity index (χ3v) is 1.91. The Labute approximate surface area is 71.8 Å². The van der Waals surface area contributed by atoms with Crippen LogP contribution in [0.2, 0.25) is 0 Å². The molecule has 1 aliphatic heterocycles. The van der Waals surface area contributed by atoms with Gasteiger partial charge in [0.1, 0.15) is 6.61 Å². The van der Waals surface area contributed by atoms with Crippen LogP contribution < -0.4 is 10.1 Å². The van der Waals surface area contributed by atoms with Crippen molar-refractivity contribution in [3.05, 3.63) is 23.4 Å². The van der Waals surface area contributed by atoms with E-state index in [9.17, 15) is 0 Å². The van der Waals surface area contributed by atoms with Crippen LogP contribution in [0.25, 0.3) is 0 Å². The Morgan fingerprint density at radius 2 is 2.42 bits per heavy atom. The summed E-state index contributed by atoms with van der Waals surface area (Å²) < 4.78 is 5.46. The molecule has 0 spiro atoms. The van der Waals surface area contributed by atoms with Crippen LogP contribution in [-0.2, 0) is 6.54 Å². The first kappa shape index (κ1) is 7.55. The fourth-order valence-corrected chi connectivity index (χ4v) is 1.26. The molecule has 64 valence electrons. The number of ether oxygens (including phenoxy) is 1. The van der Waals surface area contributed by atoms with Gasteiger partial charge in [0.25, 0.3) is 0 Å². The van der Waals surface area contributed by atoms with Gasteiger partial charge < -0.3 is 10.1 Å². The number of pyridine rings is 1. The van der Waals surface area contributed by atoms with E-state index in [2.05, 4.69) is 16.4 Å². The second-order valence-corrected chi connectivity index (χ2v) is 2.94. The molecular weight excluding hydrogens is 152 g/mol. The van der Waals surface area contributed by atoms with Crippen LogP contribution in [0, 0.1) is 6.92 Å². The van der Waals surface area contributed by atoms with Gasteiger partial charge in [-0.2, -0.15) is 0 Å². The molecule has 12 heavy (non-hydrogen) atoms. The molecule has 0 saturated carbocycles. The average Bonchev–Trinajstić information content (AvgIpc) is 2.28. The number of aromatic nitrogens is 1. The molecule has 0 bridgehead atoms. The molecule has 0 unspecified atom stereocenters. The Morgan fingerprint density at radius 1 is 1.50 bits per heavy atom. The van der Waals surface area contributed by atoms with E-state index in [1.165, 1.54) is 0 Å². The van der Waals surface area contributed by atoms with Gasteiger partial charge in [0.2, 0.25) is 5.88 Å². The molecule has 0 radical (unpaired) electrons. The zero-order chi connectivity index (χ0) is 8.39. The lowest BCUT2D eigenvalue weighted by Crippen LogP contribution is -2.16. The van der Waals surface area contributed by atoms with Gasteiger partial charge >= 0.3 is 0 Å². The van der Waals surface area contributed by atoms with Crippen molar-refractivity contribution < 1.29 is 4.74 Å². The van der Waals surface area contributed by atoms with E-state index < -0.39 is 0 Å². The summed E-state index contributed by atoms with van der Waals surface area (Å²) >= 11 is 0. The molecule has 0 aromatic carbocycles. The molecule has 2 rings (SSSR count). The Hall–Kier alpha value is -1.09. The summed E-state index contributed by atoms with van der Waals surface area (Å²) in [6.45, 7) is 4.45. The number of nitrogens with one attached hydrogen (secondary N) is 1. The smallest absolute Gasteiger partial charge is 0.218 e. The van der Waals surface area contributed by atoms with Gasteiger partial charge in [-0.05, 0) is 13.0 Å². The van der Waals surface area contributed by atoms with Crippen molar-refractivity contribution >= 4 is 0 Å². The number of hydrogen-bond acceptors (Lipinski definition) is 3. The van der Waals surface area contributed by atoms with Gasteiger partial charge in [-0.3, -0.25) is 0 Å². The van der Waals surface area contributed by atoms with E-state index in [1.54, 1.807) is 0 Å². The van der Waals surface area contributed by atoms with E-state index in [0.29, 0.717) is 6.61 Å². The molecule has 0 fully saturated rings. The predicted octanol–water partition coefficient (Wildman–Crippen LogP) is 0.872. The molecule has 0 aliphatic carbocycles. The summed E-state index contributed by atoms with van der Waals surface area (Å²) in [6, 6.07) is 4.07. The zero-order valence-electron chi connectivity index (χ0n) is 7.13. The molecule has 0 saturated heterocycles. The van der Waals surface area contributed by atoms with Crippen molar-refractivity contribution in [1.29, 1.82) is 0 Å². The van der Waals surface area contributed by atoms with E-state index in [0.717, 1.165) is 30.2 Å². The summed E-state index contributed by atoms with van der Waals surface area (Å²) in [7, 11) is 0. The van der Waals surface area contributed by atoms with E-state index >= 15 is 0 Å². The van der Waals surface area contributed by atoms with Crippen molar-refractivity contribution in [3.8, 4) is 5.88 Å². The third kappa shape index (κ3) is 1.41. The van der Waals surface area contributed by atoms with Crippen molar-refractivity contribution in [2.24, 2.45) is 0 Å². The van der Waals surface area contributed by atoms with Crippen molar-refractivity contribution in [2.45, 2.75) is 13.5 Å². The van der Waals surface area contributed by atoms with Crippen molar-refractivity contribution in [1.82, 2.24) is 10.3 Å². The van der Waals surface area contributed by atoms with Crippen LogP contribution in [0.5, 0.6) is 5.88 Å². The normalized spacial score (nSPS) is 16.1. The highest BCUT2D eigenvalue weighted by Gasteiger charge is 2.08. The minimum atomic E-state index is 0.712. The number of hydrogen-bond donors (Lipinski definition) is 1. The molecular formula is C9H12N2O. The van der Waals surface area contributed by atoms with Gasteiger partial charge in [0.15, 0.2) is 0 Å². The quantitative estimate of drug-likeness (QED) is 0.618. The molecule has 1 aromatic heterocycles. The van der Waals surface area contributed by atoms with Crippen LogP contribution in [0.1, 0.15) is 11.3 Å². The van der Waals surface area contributed by atoms with E-state index in [-0.39, 0.29) is 0 Å². The van der Waals surface area contributed by atoms with Crippen LogP contribution in [-0.4, -0.2) is 18.1 Å². The number of rotatable bonds is 0. The Bertz CT molecular complexity index is 286. The first-order valence-corrected chi connectivity index (χ1v) is 4.16. The highest BCUT2D eigenvalue weighted by Crippen LogP contribution is 2.17. The van der Waals surface area contributed by atoms with Crippen LogP contribution in [0.15, 0.2) is 12.1 Å². The summed E-state index contributed by atoms with van der Waals surface area (Å²) in [5.74, 6) is 0.792. The zero-order valence-corrected chi connectivity index (χ0v) is 7.13. The van der Waals surface area contributed by atoms with Gasteiger partial charge in [-0.1, -0.05) is 6.07 Å². The fourth-order valence-electron chi connectivity index (χ4n) is 1.26. The Balaban J connectivity index is 2.36. The number of fused-ring (bicyclic) bond motifs is 1. The van der Waals surface area contributed by atoms with Crippen LogP contribution >= 0.6 is 0 Å². The lowest BCUT2D eigenvalue weighted by Gasteiger charge is -2.04. The molecule has 0 atom stereocenters. The first-order valence-electron chi connectivity index (χ1n) is 4.16. The molecule has 2 heterocycles. The molecule has 3 nitrogen and oxygen atoms in total. The van der Waals surface area contributed by atoms with Gasteiger partial charge in [0.05, 0.1) is 0 Å². The fraction of sp³-hybridized carbons (Fsp3) is 0.444. The second kappa shape index (κ2) is 3.11. The van der Waals surface area contributed by atoms with E-state index in [1.807, 2.05) is 13.0 Å². The van der Waals surface area contributed by atoms with Crippen molar-refractivity contribution in [3.63, 3.8) is 0 Å². The van der Waals surface area contributed by atoms with Crippen LogP contribution in [0.4, 0.5) is 0 Å². The minimum Gasteiger partial charge on any atom is -0.476 e. The second-order valence-electron chi connectivity index (χ2n) is 2.94. The summed E-state index contributed by atoms with van der Waals surface area (Å²) in [5, 5.41) is 3.26. The lowest BCUT2D eigenvalue weighted by molar-refractivity contribution is 0.313. The largest absolute Gasteiger partial charge is 0.476 e. The summed E-state index contributed by atoms with van der Waals surface area (Å²) in [6.07, 6.45) is 0. The molecule has 1 aromatic rings. The highest BCUT2D eigenvalue weighted by atomic mass is 16.5. The maximum Gasteiger partial charge on any atom is 0.218 e. The highest BCUT2D eigenvalue weighted by molar-refractivity contribution is 5.28. The van der Waals surface area contributed by atoms with Gasteiger partial charge in [-0.15, -0.1) is 0 Å². The minimum absolute atomic E-state index is 0.712. The SMILES string of the molecule is Cc1ccc2c(n1)OCCNC2. The van der Waals surface area contributed by atoms with Gasteiger partial charge in [0, 0.05) is 24.3 Å².